The first-order valence-corrected chi connectivity index (χ1v) is 11.5. The molecule has 3 N–H and O–H groups in total. The molecule has 2 bridgehead atoms. The summed E-state index contributed by atoms with van der Waals surface area (Å²) in [6.45, 7) is 0.898. The van der Waals surface area contributed by atoms with E-state index in [1.54, 1.807) is 7.11 Å². The summed E-state index contributed by atoms with van der Waals surface area (Å²) >= 11 is 5.46. The van der Waals surface area contributed by atoms with E-state index in [1.165, 1.54) is 19.3 Å². The van der Waals surface area contributed by atoms with Gasteiger partial charge in [-0.15, -0.1) is 0 Å². The predicted molar refractivity (Wildman–Crippen MR) is 125 cm³/mol. The van der Waals surface area contributed by atoms with E-state index in [0.29, 0.717) is 5.11 Å². The third-order valence-corrected chi connectivity index (χ3v) is 6.97. The Hall–Kier alpha value is -2.08. The molecule has 0 heterocycles. The number of benzene rings is 1. The van der Waals surface area contributed by atoms with Gasteiger partial charge in [0.05, 0.1) is 7.11 Å². The molecule has 4 atom stereocenters. The second-order valence-corrected chi connectivity index (χ2v) is 8.96. The first-order valence-electron chi connectivity index (χ1n) is 11.1. The Bertz CT molecular complexity index is 734. The van der Waals surface area contributed by atoms with Gasteiger partial charge >= 0.3 is 5.97 Å². The molecule has 30 heavy (non-hydrogen) atoms. The standard InChI is InChI=1S/C24H34N2O3S/c1-29-20-12-10-19(11-13-20)26-24(30)25-15-14-22-18-9-8-17(16-18)21(22)6-4-2-3-5-7-23(27)28/h2,4,10-13,17-18,21-22H,3,5-9,14-16H2,1H3,(H,27,28)(H2,25,26,30)/b4-2-. The lowest BCUT2D eigenvalue weighted by atomic mass is 9.76. The Balaban J connectivity index is 1.40. The molecular formula is C24H34N2O3S. The van der Waals surface area contributed by atoms with Crippen LogP contribution in [-0.2, 0) is 4.79 Å². The number of nitrogens with one attached hydrogen (secondary N) is 2. The molecule has 3 rings (SSSR count). The summed E-state index contributed by atoms with van der Waals surface area (Å²) < 4.78 is 5.18. The van der Waals surface area contributed by atoms with E-state index >= 15 is 0 Å². The Morgan fingerprint density at radius 3 is 2.63 bits per heavy atom. The van der Waals surface area contributed by atoms with Crippen molar-refractivity contribution in [2.75, 3.05) is 19.0 Å². The minimum Gasteiger partial charge on any atom is -0.497 e. The first-order chi connectivity index (χ1) is 14.6. The van der Waals surface area contributed by atoms with Crippen molar-refractivity contribution in [1.29, 1.82) is 0 Å². The minimum atomic E-state index is -0.705. The fraction of sp³-hybridized carbons (Fsp3) is 0.583. The lowest BCUT2D eigenvalue weighted by molar-refractivity contribution is -0.137. The number of carbonyl (C=O) groups is 1. The van der Waals surface area contributed by atoms with Crippen molar-refractivity contribution >= 4 is 29.0 Å². The number of anilines is 1. The van der Waals surface area contributed by atoms with E-state index < -0.39 is 5.97 Å². The first kappa shape index (κ1) is 22.6. The summed E-state index contributed by atoms with van der Waals surface area (Å²) in [6.07, 6.45) is 12.8. The lowest BCUT2D eigenvalue weighted by Crippen LogP contribution is -2.32. The number of allylic oxidation sites excluding steroid dienone is 2. The minimum absolute atomic E-state index is 0.261. The zero-order valence-electron chi connectivity index (χ0n) is 17.8. The van der Waals surface area contributed by atoms with Gasteiger partial charge < -0.3 is 20.5 Å². The van der Waals surface area contributed by atoms with Crippen LogP contribution in [0.2, 0.25) is 0 Å². The molecule has 0 aromatic heterocycles. The fourth-order valence-electron chi connectivity index (χ4n) is 5.29. The SMILES string of the molecule is COc1ccc(NC(=S)NCCC2C3CCC(C3)C2C/C=C\CCCC(=O)O)cc1. The van der Waals surface area contributed by atoms with E-state index in [1.807, 2.05) is 24.3 Å². The van der Waals surface area contributed by atoms with Crippen molar-refractivity contribution in [3.8, 4) is 5.75 Å². The summed E-state index contributed by atoms with van der Waals surface area (Å²) in [5.74, 6) is 3.40. The molecule has 1 aromatic carbocycles. The third-order valence-electron chi connectivity index (χ3n) is 6.72. The van der Waals surface area contributed by atoms with E-state index in [2.05, 4.69) is 22.8 Å². The number of methoxy groups -OCH3 is 1. The second-order valence-electron chi connectivity index (χ2n) is 8.55. The highest BCUT2D eigenvalue weighted by molar-refractivity contribution is 7.80. The van der Waals surface area contributed by atoms with E-state index in [4.69, 9.17) is 22.1 Å². The molecule has 0 saturated heterocycles. The molecule has 2 aliphatic rings. The van der Waals surface area contributed by atoms with Gasteiger partial charge in [-0.2, -0.15) is 0 Å². The molecule has 2 fully saturated rings. The van der Waals surface area contributed by atoms with Crippen LogP contribution in [0.15, 0.2) is 36.4 Å². The van der Waals surface area contributed by atoms with Crippen LogP contribution in [0.3, 0.4) is 0 Å². The van der Waals surface area contributed by atoms with Crippen LogP contribution < -0.4 is 15.4 Å². The molecule has 2 saturated carbocycles. The zero-order chi connectivity index (χ0) is 21.3. The third kappa shape index (κ3) is 6.46. The van der Waals surface area contributed by atoms with E-state index in [0.717, 1.165) is 67.3 Å². The van der Waals surface area contributed by atoms with Crippen LogP contribution in [0.1, 0.15) is 51.4 Å². The molecule has 1 aromatic rings. The van der Waals surface area contributed by atoms with Crippen molar-refractivity contribution in [1.82, 2.24) is 5.32 Å². The average Bonchev–Trinajstić information content (AvgIpc) is 3.33. The van der Waals surface area contributed by atoms with Gasteiger partial charge in [0, 0.05) is 18.7 Å². The normalized spacial score (nSPS) is 24.8. The Morgan fingerprint density at radius 1 is 1.20 bits per heavy atom. The summed E-state index contributed by atoms with van der Waals surface area (Å²) in [7, 11) is 1.66. The molecule has 0 spiro atoms. The number of unbranched alkanes of at least 4 members (excludes halogenated alkanes) is 1. The number of ether oxygens (including phenoxy) is 1. The van der Waals surface area contributed by atoms with Gasteiger partial charge in [0.2, 0.25) is 0 Å². The summed E-state index contributed by atoms with van der Waals surface area (Å²) in [4.78, 5) is 10.6. The zero-order valence-corrected chi connectivity index (χ0v) is 18.6. The van der Waals surface area contributed by atoms with Crippen LogP contribution in [0.4, 0.5) is 5.69 Å². The molecule has 4 unspecified atom stereocenters. The molecule has 0 radical (unpaired) electrons. The fourth-order valence-corrected chi connectivity index (χ4v) is 5.51. The maximum atomic E-state index is 10.6. The highest BCUT2D eigenvalue weighted by Gasteiger charge is 2.46. The van der Waals surface area contributed by atoms with Crippen LogP contribution in [-0.4, -0.2) is 29.8 Å². The Morgan fingerprint density at radius 2 is 1.93 bits per heavy atom. The number of thiocarbonyl (C=S) groups is 1. The number of carboxylic acid groups (broad SMARTS) is 1. The van der Waals surface area contributed by atoms with Gasteiger partial charge in [0.1, 0.15) is 5.75 Å². The number of hydrogen-bond acceptors (Lipinski definition) is 3. The molecule has 5 nitrogen and oxygen atoms in total. The topological polar surface area (TPSA) is 70.6 Å². The monoisotopic (exact) mass is 430 g/mol. The Labute approximate surface area is 185 Å². The van der Waals surface area contributed by atoms with Crippen LogP contribution >= 0.6 is 12.2 Å². The predicted octanol–water partition coefficient (Wildman–Crippen LogP) is 5.24. The van der Waals surface area contributed by atoms with Crippen molar-refractivity contribution in [2.24, 2.45) is 23.7 Å². The molecule has 0 amide bonds. The molecule has 164 valence electrons. The van der Waals surface area contributed by atoms with Gasteiger partial charge in [-0.1, -0.05) is 12.2 Å². The average molecular weight is 431 g/mol. The van der Waals surface area contributed by atoms with Crippen molar-refractivity contribution in [2.45, 2.75) is 51.4 Å². The van der Waals surface area contributed by atoms with Gasteiger partial charge in [0.25, 0.3) is 0 Å². The molecule has 2 aliphatic carbocycles. The Kier molecular flexibility index (Phi) is 8.55. The largest absolute Gasteiger partial charge is 0.497 e. The van der Waals surface area contributed by atoms with Gasteiger partial charge in [-0.3, -0.25) is 4.79 Å². The van der Waals surface area contributed by atoms with Crippen molar-refractivity contribution in [3.63, 3.8) is 0 Å². The number of fused-ring (bicyclic) bond motifs is 2. The van der Waals surface area contributed by atoms with E-state index in [-0.39, 0.29) is 6.42 Å². The van der Waals surface area contributed by atoms with Gasteiger partial charge in [0.15, 0.2) is 5.11 Å². The van der Waals surface area contributed by atoms with Crippen LogP contribution in [0.5, 0.6) is 5.75 Å². The smallest absolute Gasteiger partial charge is 0.303 e. The highest BCUT2D eigenvalue weighted by Crippen LogP contribution is 2.54. The quantitative estimate of drug-likeness (QED) is 0.253. The number of rotatable bonds is 11. The summed E-state index contributed by atoms with van der Waals surface area (Å²) in [5, 5.41) is 16.0. The van der Waals surface area contributed by atoms with E-state index in [9.17, 15) is 4.79 Å². The summed E-state index contributed by atoms with van der Waals surface area (Å²) in [6, 6.07) is 7.75. The molecule has 0 aliphatic heterocycles. The van der Waals surface area contributed by atoms with Crippen LogP contribution in [0.25, 0.3) is 0 Å². The van der Waals surface area contributed by atoms with Crippen molar-refractivity contribution < 1.29 is 14.6 Å². The van der Waals surface area contributed by atoms with Gasteiger partial charge in [-0.25, -0.2) is 0 Å². The number of hydrogen-bond donors (Lipinski definition) is 3. The highest BCUT2D eigenvalue weighted by atomic mass is 32.1. The summed E-state index contributed by atoms with van der Waals surface area (Å²) in [5.41, 5.74) is 0.958. The molecular weight excluding hydrogens is 396 g/mol. The molecule has 6 heteroatoms. The number of aliphatic carboxylic acids is 1. The van der Waals surface area contributed by atoms with Crippen LogP contribution in [0, 0.1) is 23.7 Å². The van der Waals surface area contributed by atoms with Gasteiger partial charge in [-0.05, 0) is 105 Å². The lowest BCUT2D eigenvalue weighted by Gasteiger charge is -2.30. The van der Waals surface area contributed by atoms with Crippen molar-refractivity contribution in [3.05, 3.63) is 36.4 Å². The maximum Gasteiger partial charge on any atom is 0.303 e. The maximum absolute atomic E-state index is 10.6. The second kappa shape index (κ2) is 11.3. The number of carboxylic acids is 1.